The van der Waals surface area contributed by atoms with E-state index in [4.69, 9.17) is 0 Å². The van der Waals surface area contributed by atoms with Crippen LogP contribution in [0, 0.1) is 0 Å². The molecule has 2 aliphatic rings. The lowest BCUT2D eigenvalue weighted by Gasteiger charge is -2.28. The molecule has 0 spiro atoms. The van der Waals surface area contributed by atoms with E-state index in [1.807, 2.05) is 24.3 Å². The zero-order valence-electron chi connectivity index (χ0n) is 23.2. The van der Waals surface area contributed by atoms with E-state index >= 15 is 0 Å². The van der Waals surface area contributed by atoms with Crippen molar-refractivity contribution < 1.29 is 19.2 Å². The van der Waals surface area contributed by atoms with Crippen LogP contribution in [0.25, 0.3) is 11.1 Å². The van der Waals surface area contributed by atoms with Crippen LogP contribution in [0.1, 0.15) is 52.4 Å². The molecule has 2 aliphatic heterocycles. The minimum absolute atomic E-state index is 0.282. The smallest absolute Gasteiger partial charge is 0.257 e. The highest BCUT2D eigenvalue weighted by atomic mass is 16.2. The molecule has 0 N–H and O–H groups in total. The van der Waals surface area contributed by atoms with Crippen molar-refractivity contribution in [2.24, 2.45) is 20.5 Å². The molecule has 0 radical (unpaired) electrons. The summed E-state index contributed by atoms with van der Waals surface area (Å²) in [5.41, 5.74) is 2.94. The Hall–Kier alpha value is -4.08. The van der Waals surface area contributed by atoms with Gasteiger partial charge in [0.15, 0.2) is 11.6 Å². The van der Waals surface area contributed by atoms with Gasteiger partial charge in [-0.2, -0.15) is 20.5 Å². The second-order valence-electron chi connectivity index (χ2n) is 10.3. The van der Waals surface area contributed by atoms with Crippen LogP contribution in [-0.2, 0) is 19.2 Å². The second-order valence-corrected chi connectivity index (χ2v) is 10.3. The molecular formula is C30H36N6O4. The van der Waals surface area contributed by atoms with Crippen molar-refractivity contribution in [3.63, 3.8) is 0 Å². The van der Waals surface area contributed by atoms with Crippen LogP contribution in [0.15, 0.2) is 69.0 Å². The van der Waals surface area contributed by atoms with Gasteiger partial charge in [0.2, 0.25) is 12.1 Å². The first kappa shape index (κ1) is 28.9. The Morgan fingerprint density at radius 2 is 0.875 bits per heavy atom. The van der Waals surface area contributed by atoms with Gasteiger partial charge >= 0.3 is 0 Å². The quantitative estimate of drug-likeness (QED) is 0.307. The Bertz CT molecular complexity index is 1160. The monoisotopic (exact) mass is 544 g/mol. The molecule has 2 saturated heterocycles. The van der Waals surface area contributed by atoms with Gasteiger partial charge in [0.25, 0.3) is 11.8 Å². The van der Waals surface area contributed by atoms with E-state index in [9.17, 15) is 19.2 Å². The highest BCUT2D eigenvalue weighted by Crippen LogP contribution is 2.26. The normalized spacial score (nSPS) is 17.6. The fourth-order valence-corrected chi connectivity index (χ4v) is 4.87. The standard InChI is InChI=1S/C30H36N6O4/c1-21(37)27(29(39)35-17-5-3-6-18-35)33-31-25-13-9-23(10-14-25)24-11-15-26(16-12-24)32-34-28(22(2)38)30(40)36-19-7-4-8-20-36/h9-16,27-28H,3-8,17-20H2,1-2H3. The third kappa shape index (κ3) is 7.52. The molecule has 10 nitrogen and oxygen atoms in total. The average molecular weight is 545 g/mol. The molecule has 210 valence electrons. The summed E-state index contributed by atoms with van der Waals surface area (Å²) in [5.74, 6) is -1.21. The van der Waals surface area contributed by atoms with E-state index in [2.05, 4.69) is 20.5 Å². The first-order valence-corrected chi connectivity index (χ1v) is 13.9. The van der Waals surface area contributed by atoms with Crippen LogP contribution in [-0.4, -0.2) is 71.4 Å². The van der Waals surface area contributed by atoms with Crippen molar-refractivity contribution in [2.45, 2.75) is 64.5 Å². The maximum Gasteiger partial charge on any atom is 0.257 e. The average Bonchev–Trinajstić information content (AvgIpc) is 2.98. The Morgan fingerprint density at radius 1 is 0.550 bits per heavy atom. The van der Waals surface area contributed by atoms with E-state index in [1.165, 1.54) is 13.8 Å². The van der Waals surface area contributed by atoms with Gasteiger partial charge < -0.3 is 9.80 Å². The lowest BCUT2D eigenvalue weighted by molar-refractivity contribution is -0.139. The SMILES string of the molecule is CC(=O)C(N=Nc1ccc(-c2ccc(N=NC(C(C)=O)C(=O)N3CCCCC3)cc2)cc1)C(=O)N1CCCCC1. The highest BCUT2D eigenvalue weighted by molar-refractivity contribution is 6.05. The summed E-state index contributed by atoms with van der Waals surface area (Å²) in [6.45, 7) is 5.35. The van der Waals surface area contributed by atoms with Gasteiger partial charge in [-0.3, -0.25) is 19.2 Å². The number of carbonyl (C=O) groups is 4. The van der Waals surface area contributed by atoms with Crippen LogP contribution < -0.4 is 0 Å². The number of benzene rings is 2. The molecule has 2 amide bonds. The third-order valence-corrected chi connectivity index (χ3v) is 7.22. The van der Waals surface area contributed by atoms with E-state index in [1.54, 1.807) is 34.1 Å². The van der Waals surface area contributed by atoms with Gasteiger partial charge in [0, 0.05) is 26.2 Å². The molecule has 2 fully saturated rings. The fourth-order valence-electron chi connectivity index (χ4n) is 4.87. The van der Waals surface area contributed by atoms with E-state index < -0.39 is 12.1 Å². The van der Waals surface area contributed by atoms with Crippen LogP contribution >= 0.6 is 0 Å². The van der Waals surface area contributed by atoms with Gasteiger partial charge in [0.1, 0.15) is 0 Å². The van der Waals surface area contributed by atoms with E-state index in [0.29, 0.717) is 37.6 Å². The number of rotatable bonds is 9. The van der Waals surface area contributed by atoms with Gasteiger partial charge in [-0.05, 0) is 87.8 Å². The fraction of sp³-hybridized carbons (Fsp3) is 0.467. The number of hydrogen-bond donors (Lipinski definition) is 0. The molecule has 2 aromatic rings. The Labute approximate surface area is 234 Å². The Balaban J connectivity index is 1.39. The summed E-state index contributed by atoms with van der Waals surface area (Å²) >= 11 is 0. The summed E-state index contributed by atoms with van der Waals surface area (Å²) in [7, 11) is 0. The molecule has 2 aromatic carbocycles. The third-order valence-electron chi connectivity index (χ3n) is 7.22. The van der Waals surface area contributed by atoms with Crippen LogP contribution in [0.3, 0.4) is 0 Å². The zero-order chi connectivity index (χ0) is 28.5. The van der Waals surface area contributed by atoms with Gasteiger partial charge in [-0.25, -0.2) is 0 Å². The maximum atomic E-state index is 12.8. The van der Waals surface area contributed by atoms with E-state index in [0.717, 1.165) is 49.7 Å². The molecule has 2 atom stereocenters. The topological polar surface area (TPSA) is 124 Å². The lowest BCUT2D eigenvalue weighted by atomic mass is 10.1. The lowest BCUT2D eigenvalue weighted by Crippen LogP contribution is -2.43. The number of Topliss-reactive ketones (excluding diaryl/α,β-unsaturated/α-hetero) is 2. The summed E-state index contributed by atoms with van der Waals surface area (Å²) < 4.78 is 0. The maximum absolute atomic E-state index is 12.8. The molecular weight excluding hydrogens is 508 g/mol. The molecule has 4 rings (SSSR count). The number of azo groups is 2. The number of nitrogens with zero attached hydrogens (tertiary/aromatic N) is 6. The first-order valence-electron chi connectivity index (χ1n) is 13.9. The number of likely N-dealkylation sites (tertiary alicyclic amines) is 2. The predicted octanol–water partition coefficient (Wildman–Crippen LogP) is 5.46. The van der Waals surface area contributed by atoms with Gasteiger partial charge in [-0.15, -0.1) is 0 Å². The van der Waals surface area contributed by atoms with Crippen molar-refractivity contribution >= 4 is 34.8 Å². The number of ketones is 2. The van der Waals surface area contributed by atoms with Crippen LogP contribution in [0.5, 0.6) is 0 Å². The predicted molar refractivity (Wildman–Crippen MR) is 151 cm³/mol. The zero-order valence-corrected chi connectivity index (χ0v) is 23.2. The van der Waals surface area contributed by atoms with Gasteiger partial charge in [-0.1, -0.05) is 24.3 Å². The summed E-state index contributed by atoms with van der Waals surface area (Å²) in [6.07, 6.45) is 5.95. The van der Waals surface area contributed by atoms with E-state index in [-0.39, 0.29) is 23.4 Å². The molecule has 2 heterocycles. The number of carbonyl (C=O) groups excluding carboxylic acids is 4. The largest absolute Gasteiger partial charge is 0.340 e. The molecule has 40 heavy (non-hydrogen) atoms. The summed E-state index contributed by atoms with van der Waals surface area (Å²) in [5, 5.41) is 16.5. The molecule has 0 aromatic heterocycles. The minimum atomic E-state index is -1.11. The molecule has 0 bridgehead atoms. The van der Waals surface area contributed by atoms with Crippen LogP contribution in [0.2, 0.25) is 0 Å². The number of piperidine rings is 2. The van der Waals surface area contributed by atoms with Crippen molar-refractivity contribution in [1.29, 1.82) is 0 Å². The summed E-state index contributed by atoms with van der Waals surface area (Å²) in [6, 6.07) is 12.4. The first-order chi connectivity index (χ1) is 19.3. The Kier molecular flexibility index (Phi) is 9.99. The minimum Gasteiger partial charge on any atom is -0.340 e. The molecule has 2 unspecified atom stereocenters. The molecule has 10 heteroatoms. The summed E-state index contributed by atoms with van der Waals surface area (Å²) in [4.78, 5) is 53.1. The van der Waals surface area contributed by atoms with Gasteiger partial charge in [0.05, 0.1) is 11.4 Å². The molecule has 0 aliphatic carbocycles. The number of hydrogen-bond acceptors (Lipinski definition) is 8. The highest BCUT2D eigenvalue weighted by Gasteiger charge is 2.30. The second kappa shape index (κ2) is 13.8. The molecule has 0 saturated carbocycles. The Morgan fingerprint density at radius 3 is 1.18 bits per heavy atom. The van der Waals surface area contributed by atoms with Crippen molar-refractivity contribution in [2.75, 3.05) is 26.2 Å². The number of amides is 2. The van der Waals surface area contributed by atoms with Crippen molar-refractivity contribution in [1.82, 2.24) is 9.80 Å². The van der Waals surface area contributed by atoms with Crippen molar-refractivity contribution in [3.8, 4) is 11.1 Å². The van der Waals surface area contributed by atoms with Crippen molar-refractivity contribution in [3.05, 3.63) is 48.5 Å². The van der Waals surface area contributed by atoms with Crippen LogP contribution in [0.4, 0.5) is 11.4 Å².